The van der Waals surface area contributed by atoms with Crippen LogP contribution in [-0.2, 0) is 11.9 Å². The molecule has 4 rings (SSSR count). The highest BCUT2D eigenvalue weighted by Gasteiger charge is 2.30. The highest BCUT2D eigenvalue weighted by atomic mass is 32.2. The molecule has 0 atom stereocenters. The number of nitrogens with one attached hydrogen (secondary N) is 1. The lowest BCUT2D eigenvalue weighted by atomic mass is 10.1. The minimum Gasteiger partial charge on any atom is -0.338 e. The van der Waals surface area contributed by atoms with Crippen LogP contribution in [0.15, 0.2) is 75.1 Å². The molecule has 6 nitrogen and oxygen atoms in total. The number of aromatic nitrogens is 4. The van der Waals surface area contributed by atoms with Crippen molar-refractivity contribution in [1.82, 2.24) is 20.1 Å². The predicted molar refractivity (Wildman–Crippen MR) is 105 cm³/mol. The minimum absolute atomic E-state index is 0.179. The Bertz CT molecular complexity index is 1210. The Labute approximate surface area is 172 Å². The van der Waals surface area contributed by atoms with Gasteiger partial charge in [-0.3, -0.25) is 4.79 Å². The van der Waals surface area contributed by atoms with Crippen molar-refractivity contribution in [2.75, 3.05) is 0 Å². The van der Waals surface area contributed by atoms with Crippen LogP contribution in [0.5, 0.6) is 0 Å². The molecule has 2 aromatic carbocycles. The van der Waals surface area contributed by atoms with Crippen molar-refractivity contribution >= 4 is 11.8 Å². The summed E-state index contributed by atoms with van der Waals surface area (Å²) in [6.07, 6.45) is -4.41. The molecule has 1 N–H and O–H groups in total. The van der Waals surface area contributed by atoms with Crippen LogP contribution in [-0.4, -0.2) is 20.1 Å². The molecular formula is C20H13F3N4O2S. The summed E-state index contributed by atoms with van der Waals surface area (Å²) in [5, 5.41) is 4.19. The zero-order valence-corrected chi connectivity index (χ0v) is 16.0. The van der Waals surface area contributed by atoms with E-state index in [1.54, 1.807) is 0 Å². The number of rotatable bonds is 5. The van der Waals surface area contributed by atoms with Crippen molar-refractivity contribution in [2.45, 2.75) is 17.1 Å². The average molecular weight is 430 g/mol. The number of aromatic amines is 1. The number of benzene rings is 2. The fraction of sp³-hybridized carbons (Fsp3) is 0.100. The summed E-state index contributed by atoms with van der Waals surface area (Å²) < 4.78 is 43.2. The van der Waals surface area contributed by atoms with E-state index in [-0.39, 0.29) is 23.0 Å². The second kappa shape index (κ2) is 8.15. The van der Waals surface area contributed by atoms with E-state index in [4.69, 9.17) is 4.52 Å². The SMILES string of the molecule is O=c1cc(-c2ccccc2)nc(SCc2nc(-c3ccc(C(F)(F)F)cc3)no2)[nH]1. The zero-order valence-electron chi connectivity index (χ0n) is 15.2. The third-order valence-corrected chi connectivity index (χ3v) is 4.92. The average Bonchev–Trinajstić information content (AvgIpc) is 3.21. The van der Waals surface area contributed by atoms with Crippen LogP contribution in [0.2, 0.25) is 0 Å². The molecule has 2 heterocycles. The first-order valence-electron chi connectivity index (χ1n) is 8.68. The molecule has 0 aliphatic heterocycles. The van der Waals surface area contributed by atoms with Gasteiger partial charge in [0.2, 0.25) is 11.7 Å². The lowest BCUT2D eigenvalue weighted by Gasteiger charge is -2.05. The normalized spacial score (nSPS) is 11.6. The Morgan fingerprint density at radius 2 is 1.70 bits per heavy atom. The molecule has 0 radical (unpaired) electrons. The molecule has 0 unspecified atom stereocenters. The van der Waals surface area contributed by atoms with E-state index in [1.807, 2.05) is 30.3 Å². The Kier molecular flexibility index (Phi) is 5.40. The van der Waals surface area contributed by atoms with Gasteiger partial charge in [0, 0.05) is 17.2 Å². The van der Waals surface area contributed by atoms with E-state index in [2.05, 4.69) is 20.1 Å². The predicted octanol–water partition coefficient (Wildman–Crippen LogP) is 4.80. The van der Waals surface area contributed by atoms with Crippen molar-refractivity contribution in [3.63, 3.8) is 0 Å². The van der Waals surface area contributed by atoms with Crippen LogP contribution >= 0.6 is 11.8 Å². The molecule has 30 heavy (non-hydrogen) atoms. The van der Waals surface area contributed by atoms with Crippen molar-refractivity contribution < 1.29 is 17.7 Å². The van der Waals surface area contributed by atoms with Crippen LogP contribution in [0.4, 0.5) is 13.2 Å². The lowest BCUT2D eigenvalue weighted by Crippen LogP contribution is -2.08. The Hall–Kier alpha value is -3.40. The van der Waals surface area contributed by atoms with E-state index >= 15 is 0 Å². The molecule has 0 spiro atoms. The van der Waals surface area contributed by atoms with Gasteiger partial charge in [-0.05, 0) is 12.1 Å². The summed E-state index contributed by atoms with van der Waals surface area (Å²) in [6.45, 7) is 0. The third-order valence-electron chi connectivity index (χ3n) is 4.06. The van der Waals surface area contributed by atoms with Crippen LogP contribution in [0.3, 0.4) is 0 Å². The van der Waals surface area contributed by atoms with Crippen molar-refractivity contribution in [2.24, 2.45) is 0 Å². The second-order valence-corrected chi connectivity index (χ2v) is 7.14. The van der Waals surface area contributed by atoms with Crippen LogP contribution < -0.4 is 5.56 Å². The quantitative estimate of drug-likeness (QED) is 0.362. The molecule has 0 bridgehead atoms. The Balaban J connectivity index is 1.47. The molecule has 0 saturated heterocycles. The van der Waals surface area contributed by atoms with Gasteiger partial charge in [-0.1, -0.05) is 59.4 Å². The van der Waals surface area contributed by atoms with Crippen LogP contribution in [0.25, 0.3) is 22.6 Å². The summed E-state index contributed by atoms with van der Waals surface area (Å²) in [5.74, 6) is 0.663. The summed E-state index contributed by atoms with van der Waals surface area (Å²) in [7, 11) is 0. The van der Waals surface area contributed by atoms with Gasteiger partial charge in [-0.15, -0.1) is 0 Å². The first-order chi connectivity index (χ1) is 14.4. The number of H-pyrrole nitrogens is 1. The van der Waals surface area contributed by atoms with E-state index in [0.717, 1.165) is 17.7 Å². The van der Waals surface area contributed by atoms with Gasteiger partial charge < -0.3 is 9.51 Å². The molecule has 0 saturated carbocycles. The Morgan fingerprint density at radius 1 is 0.967 bits per heavy atom. The molecule has 2 aromatic heterocycles. The van der Waals surface area contributed by atoms with Gasteiger partial charge in [0.1, 0.15) is 0 Å². The second-order valence-electron chi connectivity index (χ2n) is 6.18. The summed E-state index contributed by atoms with van der Waals surface area (Å²) in [6, 6.07) is 15.2. The topological polar surface area (TPSA) is 84.7 Å². The van der Waals surface area contributed by atoms with Gasteiger partial charge in [-0.2, -0.15) is 18.2 Å². The van der Waals surface area contributed by atoms with Crippen LogP contribution in [0, 0.1) is 0 Å². The smallest absolute Gasteiger partial charge is 0.338 e. The van der Waals surface area contributed by atoms with Gasteiger partial charge in [-0.25, -0.2) is 4.98 Å². The maximum atomic E-state index is 12.7. The van der Waals surface area contributed by atoms with E-state index < -0.39 is 11.7 Å². The van der Waals surface area contributed by atoms with Gasteiger partial charge in [0.25, 0.3) is 5.56 Å². The number of hydrogen-bond acceptors (Lipinski definition) is 6. The minimum atomic E-state index is -4.41. The fourth-order valence-electron chi connectivity index (χ4n) is 2.63. The van der Waals surface area contributed by atoms with Gasteiger partial charge in [0.05, 0.1) is 17.0 Å². The number of nitrogens with zero attached hydrogens (tertiary/aromatic N) is 3. The molecule has 4 aromatic rings. The van der Waals surface area contributed by atoms with Crippen molar-refractivity contribution in [1.29, 1.82) is 0 Å². The molecule has 152 valence electrons. The lowest BCUT2D eigenvalue weighted by molar-refractivity contribution is -0.137. The maximum Gasteiger partial charge on any atom is 0.416 e. The largest absolute Gasteiger partial charge is 0.416 e. The summed E-state index contributed by atoms with van der Waals surface area (Å²) >= 11 is 1.20. The van der Waals surface area contributed by atoms with Gasteiger partial charge in [0.15, 0.2) is 5.16 Å². The first kappa shape index (κ1) is 19.9. The molecule has 0 amide bonds. The number of halogens is 3. The number of alkyl halides is 3. The zero-order chi connectivity index (χ0) is 21.1. The highest BCUT2D eigenvalue weighted by Crippen LogP contribution is 2.30. The summed E-state index contributed by atoms with van der Waals surface area (Å²) in [4.78, 5) is 23.2. The third kappa shape index (κ3) is 4.60. The molecule has 0 fully saturated rings. The molecular weight excluding hydrogens is 417 g/mol. The summed E-state index contributed by atoms with van der Waals surface area (Å²) in [5.41, 5.74) is 0.715. The van der Waals surface area contributed by atoms with E-state index in [9.17, 15) is 18.0 Å². The van der Waals surface area contributed by atoms with E-state index in [0.29, 0.717) is 16.4 Å². The molecule has 0 aliphatic rings. The van der Waals surface area contributed by atoms with Crippen molar-refractivity contribution in [3.8, 4) is 22.6 Å². The van der Waals surface area contributed by atoms with Crippen LogP contribution in [0.1, 0.15) is 11.5 Å². The first-order valence-corrected chi connectivity index (χ1v) is 9.67. The standard InChI is InChI=1S/C20H13F3N4O2S/c21-20(22,23)14-8-6-13(7-9-14)18-26-17(29-27-18)11-30-19-24-15(10-16(28)25-19)12-4-2-1-3-5-12/h1-10H,11H2,(H,24,25,28). The molecule has 10 heteroatoms. The fourth-order valence-corrected chi connectivity index (χ4v) is 3.34. The van der Waals surface area contributed by atoms with Crippen molar-refractivity contribution in [3.05, 3.63) is 82.5 Å². The number of hydrogen-bond donors (Lipinski definition) is 1. The monoisotopic (exact) mass is 430 g/mol. The number of thioether (sulfide) groups is 1. The maximum absolute atomic E-state index is 12.7. The van der Waals surface area contributed by atoms with Gasteiger partial charge >= 0.3 is 6.18 Å². The molecule has 0 aliphatic carbocycles. The highest BCUT2D eigenvalue weighted by molar-refractivity contribution is 7.98. The Morgan fingerprint density at radius 3 is 2.40 bits per heavy atom. The van der Waals surface area contributed by atoms with E-state index in [1.165, 1.54) is 30.0 Å².